The van der Waals surface area contributed by atoms with Crippen LogP contribution in [0.3, 0.4) is 0 Å². The molecular weight excluding hydrogens is 272 g/mol. The summed E-state index contributed by atoms with van der Waals surface area (Å²) in [5.41, 5.74) is 1.62. The van der Waals surface area contributed by atoms with Crippen molar-refractivity contribution in [3.63, 3.8) is 0 Å². The SMILES string of the molecule is CN(CC(=O)Cc1ccc(F)cc1)Cc1cccc(F)c1. The zero-order valence-electron chi connectivity index (χ0n) is 11.9. The van der Waals surface area contributed by atoms with Crippen molar-refractivity contribution in [2.75, 3.05) is 13.6 Å². The lowest BCUT2D eigenvalue weighted by molar-refractivity contribution is -0.119. The van der Waals surface area contributed by atoms with Gasteiger partial charge in [0.05, 0.1) is 6.54 Å². The summed E-state index contributed by atoms with van der Waals surface area (Å²) in [6.07, 6.45) is 0.272. The van der Waals surface area contributed by atoms with Crippen molar-refractivity contribution in [1.29, 1.82) is 0 Å². The molecule has 0 amide bonds. The minimum absolute atomic E-state index is 0.0421. The van der Waals surface area contributed by atoms with E-state index in [-0.39, 0.29) is 30.4 Å². The van der Waals surface area contributed by atoms with Crippen LogP contribution in [-0.4, -0.2) is 24.3 Å². The van der Waals surface area contributed by atoms with Gasteiger partial charge in [-0.25, -0.2) is 8.78 Å². The maximum absolute atomic E-state index is 13.1. The van der Waals surface area contributed by atoms with E-state index in [1.807, 2.05) is 18.0 Å². The van der Waals surface area contributed by atoms with Gasteiger partial charge >= 0.3 is 0 Å². The van der Waals surface area contributed by atoms with Gasteiger partial charge in [0.15, 0.2) is 5.78 Å². The third-order valence-corrected chi connectivity index (χ3v) is 3.10. The van der Waals surface area contributed by atoms with Gasteiger partial charge in [0.1, 0.15) is 11.6 Å². The first-order valence-corrected chi connectivity index (χ1v) is 6.72. The second-order valence-corrected chi connectivity index (χ2v) is 5.14. The van der Waals surface area contributed by atoms with E-state index in [4.69, 9.17) is 0 Å². The Morgan fingerprint density at radius 3 is 2.38 bits per heavy atom. The molecule has 0 radical (unpaired) electrons. The number of nitrogens with zero attached hydrogens (tertiary/aromatic N) is 1. The van der Waals surface area contributed by atoms with E-state index in [9.17, 15) is 13.6 Å². The van der Waals surface area contributed by atoms with Crippen LogP contribution in [0.4, 0.5) is 8.78 Å². The molecule has 21 heavy (non-hydrogen) atoms. The van der Waals surface area contributed by atoms with Crippen LogP contribution < -0.4 is 0 Å². The molecule has 2 rings (SSSR count). The number of halogens is 2. The fraction of sp³-hybridized carbons (Fsp3) is 0.235. The average Bonchev–Trinajstić information content (AvgIpc) is 2.41. The summed E-state index contributed by atoms with van der Waals surface area (Å²) >= 11 is 0. The number of carbonyl (C=O) groups is 1. The van der Waals surface area contributed by atoms with Crippen molar-refractivity contribution in [3.05, 3.63) is 71.3 Å². The zero-order valence-corrected chi connectivity index (χ0v) is 11.9. The van der Waals surface area contributed by atoms with Crippen molar-refractivity contribution in [1.82, 2.24) is 4.90 Å². The Balaban J connectivity index is 1.86. The predicted octanol–water partition coefficient (Wildman–Crippen LogP) is 3.21. The Bertz CT molecular complexity index is 610. The summed E-state index contributed by atoms with van der Waals surface area (Å²) < 4.78 is 25.9. The van der Waals surface area contributed by atoms with E-state index in [1.54, 1.807) is 18.2 Å². The fourth-order valence-corrected chi connectivity index (χ4v) is 2.19. The molecule has 0 aliphatic carbocycles. The van der Waals surface area contributed by atoms with Crippen molar-refractivity contribution >= 4 is 5.78 Å². The highest BCUT2D eigenvalue weighted by atomic mass is 19.1. The number of benzene rings is 2. The Morgan fingerprint density at radius 1 is 1.00 bits per heavy atom. The maximum atomic E-state index is 13.1. The maximum Gasteiger partial charge on any atom is 0.151 e. The standard InChI is InChI=1S/C17H17F2NO/c1-20(11-14-3-2-4-16(19)9-14)12-17(21)10-13-5-7-15(18)8-6-13/h2-9H,10-12H2,1H3. The molecular formula is C17H17F2NO. The quantitative estimate of drug-likeness (QED) is 0.814. The topological polar surface area (TPSA) is 20.3 Å². The van der Waals surface area contributed by atoms with E-state index < -0.39 is 0 Å². The number of likely N-dealkylation sites (N-methyl/N-ethyl adjacent to an activating group) is 1. The minimum Gasteiger partial charge on any atom is -0.298 e. The van der Waals surface area contributed by atoms with Gasteiger partial charge in [-0.05, 0) is 42.4 Å². The van der Waals surface area contributed by atoms with Gasteiger partial charge in [-0.1, -0.05) is 24.3 Å². The first-order valence-electron chi connectivity index (χ1n) is 6.72. The normalized spacial score (nSPS) is 10.9. The summed E-state index contributed by atoms with van der Waals surface area (Å²) in [5.74, 6) is -0.548. The lowest BCUT2D eigenvalue weighted by Gasteiger charge is -2.16. The summed E-state index contributed by atoms with van der Waals surface area (Å²) in [5, 5.41) is 0. The molecule has 0 atom stereocenters. The van der Waals surface area contributed by atoms with Crippen LogP contribution in [0, 0.1) is 11.6 Å². The molecule has 2 nitrogen and oxygen atoms in total. The summed E-state index contributed by atoms with van der Waals surface area (Å²) in [4.78, 5) is 13.8. The smallest absolute Gasteiger partial charge is 0.151 e. The number of hydrogen-bond acceptors (Lipinski definition) is 2. The highest BCUT2D eigenvalue weighted by molar-refractivity contribution is 5.82. The molecule has 0 heterocycles. The van der Waals surface area contributed by atoms with Crippen LogP contribution >= 0.6 is 0 Å². The lowest BCUT2D eigenvalue weighted by atomic mass is 10.1. The van der Waals surface area contributed by atoms with Gasteiger partial charge < -0.3 is 0 Å². The third-order valence-electron chi connectivity index (χ3n) is 3.10. The molecule has 0 saturated carbocycles. The highest BCUT2D eigenvalue weighted by Crippen LogP contribution is 2.08. The van der Waals surface area contributed by atoms with Crippen LogP contribution in [0.1, 0.15) is 11.1 Å². The summed E-state index contributed by atoms with van der Waals surface area (Å²) in [6.45, 7) is 0.779. The Labute approximate surface area is 123 Å². The second kappa shape index (κ2) is 7.09. The van der Waals surface area contributed by atoms with Crippen molar-refractivity contribution in [2.45, 2.75) is 13.0 Å². The molecule has 0 saturated heterocycles. The molecule has 0 aromatic heterocycles. The second-order valence-electron chi connectivity index (χ2n) is 5.14. The molecule has 0 unspecified atom stereocenters. The van der Waals surface area contributed by atoms with Crippen LogP contribution in [0.15, 0.2) is 48.5 Å². The zero-order chi connectivity index (χ0) is 15.2. The van der Waals surface area contributed by atoms with Gasteiger partial charge in [-0.2, -0.15) is 0 Å². The number of ketones is 1. The van der Waals surface area contributed by atoms with E-state index in [2.05, 4.69) is 0 Å². The summed E-state index contributed by atoms with van der Waals surface area (Å²) in [6, 6.07) is 12.2. The number of Topliss-reactive ketones (excluding diaryl/α,β-unsaturated/α-hetero) is 1. The van der Waals surface area contributed by atoms with Gasteiger partial charge in [0.25, 0.3) is 0 Å². The monoisotopic (exact) mass is 289 g/mol. The highest BCUT2D eigenvalue weighted by Gasteiger charge is 2.09. The Morgan fingerprint density at radius 2 is 1.71 bits per heavy atom. The van der Waals surface area contributed by atoms with Crippen LogP contribution in [-0.2, 0) is 17.8 Å². The van der Waals surface area contributed by atoms with Gasteiger partial charge in [-0.15, -0.1) is 0 Å². The average molecular weight is 289 g/mol. The van der Waals surface area contributed by atoms with Gasteiger partial charge in [0.2, 0.25) is 0 Å². The molecule has 0 aliphatic rings. The molecule has 0 aliphatic heterocycles. The molecule has 2 aromatic rings. The Kier molecular flexibility index (Phi) is 5.17. The largest absolute Gasteiger partial charge is 0.298 e. The van der Waals surface area contributed by atoms with E-state index in [1.165, 1.54) is 24.3 Å². The molecule has 2 aromatic carbocycles. The number of hydrogen-bond donors (Lipinski definition) is 0. The Hall–Kier alpha value is -2.07. The van der Waals surface area contributed by atoms with Gasteiger partial charge in [-0.3, -0.25) is 9.69 Å². The van der Waals surface area contributed by atoms with E-state index in [0.717, 1.165) is 11.1 Å². The van der Waals surface area contributed by atoms with Crippen molar-refractivity contribution in [2.24, 2.45) is 0 Å². The first-order chi connectivity index (χ1) is 10.0. The van der Waals surface area contributed by atoms with Crippen LogP contribution in [0.2, 0.25) is 0 Å². The van der Waals surface area contributed by atoms with Gasteiger partial charge in [0, 0.05) is 13.0 Å². The number of rotatable bonds is 6. The van der Waals surface area contributed by atoms with Crippen LogP contribution in [0.25, 0.3) is 0 Å². The van der Waals surface area contributed by atoms with E-state index >= 15 is 0 Å². The molecule has 0 fully saturated rings. The third kappa shape index (κ3) is 5.08. The molecule has 0 N–H and O–H groups in total. The molecule has 4 heteroatoms. The number of carbonyl (C=O) groups excluding carboxylic acids is 1. The van der Waals surface area contributed by atoms with Crippen molar-refractivity contribution < 1.29 is 13.6 Å². The first kappa shape index (κ1) is 15.3. The summed E-state index contributed by atoms with van der Waals surface area (Å²) in [7, 11) is 1.81. The molecule has 110 valence electrons. The lowest BCUT2D eigenvalue weighted by Crippen LogP contribution is -2.26. The molecule has 0 spiro atoms. The van der Waals surface area contributed by atoms with Crippen molar-refractivity contribution in [3.8, 4) is 0 Å². The van der Waals surface area contributed by atoms with Crippen LogP contribution in [0.5, 0.6) is 0 Å². The fourth-order valence-electron chi connectivity index (χ4n) is 2.19. The predicted molar refractivity (Wildman–Crippen MR) is 77.8 cm³/mol. The minimum atomic E-state index is -0.311. The molecule has 0 bridgehead atoms. The van der Waals surface area contributed by atoms with E-state index in [0.29, 0.717) is 6.54 Å².